The van der Waals surface area contributed by atoms with Crippen molar-refractivity contribution in [2.24, 2.45) is 0 Å². The Morgan fingerprint density at radius 2 is 1.50 bits per heavy atom. The van der Waals surface area contributed by atoms with E-state index in [1.807, 2.05) is 25.1 Å². The molecule has 0 atom stereocenters. The fourth-order valence-corrected chi connectivity index (χ4v) is 4.33. The highest BCUT2D eigenvalue weighted by atomic mass is 35.5. The summed E-state index contributed by atoms with van der Waals surface area (Å²) in [5.41, 5.74) is 1.15. The summed E-state index contributed by atoms with van der Waals surface area (Å²) in [5, 5.41) is 0.660. The molecule has 1 rings (SSSR count). The van der Waals surface area contributed by atoms with Gasteiger partial charge in [-0.15, -0.1) is 0 Å². The van der Waals surface area contributed by atoms with Gasteiger partial charge in [-0.1, -0.05) is 76.0 Å². The minimum atomic E-state index is -2.17. The average molecular weight is 371 g/mol. The van der Waals surface area contributed by atoms with E-state index in [4.69, 9.17) is 20.5 Å². The van der Waals surface area contributed by atoms with Crippen LogP contribution >= 0.6 is 11.6 Å². The van der Waals surface area contributed by atoms with Crippen molar-refractivity contribution in [1.29, 1.82) is 0 Å². The van der Waals surface area contributed by atoms with E-state index in [9.17, 15) is 0 Å². The maximum absolute atomic E-state index is 6.21. The van der Waals surface area contributed by atoms with E-state index in [1.54, 1.807) is 0 Å². The second-order valence-corrected chi connectivity index (χ2v) is 10.8. The first-order chi connectivity index (χ1) is 11.4. The fraction of sp³-hybridized carbons (Fsp3) is 0.700. The molecule has 0 fully saturated rings. The number of aryl methyl sites for hydroxylation is 1. The van der Waals surface area contributed by atoms with Crippen molar-refractivity contribution in [3.8, 4) is 5.75 Å². The molecule has 2 nitrogen and oxygen atoms in total. The zero-order chi connectivity index (χ0) is 17.8. The van der Waals surface area contributed by atoms with Crippen LogP contribution in [0.25, 0.3) is 0 Å². The third-order valence-corrected chi connectivity index (χ3v) is 6.06. The van der Waals surface area contributed by atoms with Gasteiger partial charge in [0.1, 0.15) is 5.75 Å². The Kier molecular flexibility index (Phi) is 10.7. The molecule has 0 aliphatic carbocycles. The zero-order valence-electron chi connectivity index (χ0n) is 16.0. The van der Waals surface area contributed by atoms with Crippen LogP contribution in [-0.4, -0.2) is 15.2 Å². The van der Waals surface area contributed by atoms with E-state index in [2.05, 4.69) is 20.0 Å². The van der Waals surface area contributed by atoms with Gasteiger partial charge in [-0.05, 0) is 44.1 Å². The topological polar surface area (TPSA) is 18.5 Å². The van der Waals surface area contributed by atoms with Gasteiger partial charge in [0.15, 0.2) is 0 Å². The van der Waals surface area contributed by atoms with Gasteiger partial charge in [-0.2, -0.15) is 0 Å². The van der Waals surface area contributed by atoms with Crippen LogP contribution in [0.3, 0.4) is 0 Å². The lowest BCUT2D eigenvalue weighted by Gasteiger charge is -2.24. The van der Waals surface area contributed by atoms with Crippen LogP contribution in [0.1, 0.15) is 70.3 Å². The van der Waals surface area contributed by atoms with Crippen LogP contribution in [-0.2, 0) is 4.43 Å². The van der Waals surface area contributed by atoms with Crippen molar-refractivity contribution in [3.05, 3.63) is 28.8 Å². The molecule has 0 spiro atoms. The summed E-state index contributed by atoms with van der Waals surface area (Å²) < 4.78 is 12.1. The Balaban J connectivity index is 2.14. The monoisotopic (exact) mass is 370 g/mol. The molecule has 4 heteroatoms. The minimum Gasteiger partial charge on any atom is -0.519 e. The van der Waals surface area contributed by atoms with E-state index in [1.165, 1.54) is 51.4 Å². The van der Waals surface area contributed by atoms with Gasteiger partial charge in [-0.25, -0.2) is 0 Å². The van der Waals surface area contributed by atoms with Gasteiger partial charge < -0.3 is 8.85 Å². The lowest BCUT2D eigenvalue weighted by atomic mass is 10.1. The normalized spacial score (nSPS) is 11.7. The lowest BCUT2D eigenvalue weighted by Crippen LogP contribution is -2.38. The van der Waals surface area contributed by atoms with Crippen molar-refractivity contribution in [2.75, 3.05) is 6.61 Å². The SMILES string of the molecule is CCCCCCCCCCCO[Si](C)(C)Oc1cc(C)ccc1Cl. The molecule has 0 aromatic heterocycles. The van der Waals surface area contributed by atoms with Crippen molar-refractivity contribution in [3.63, 3.8) is 0 Å². The molecule has 0 saturated carbocycles. The van der Waals surface area contributed by atoms with Crippen molar-refractivity contribution in [2.45, 2.75) is 84.7 Å². The standard InChI is InChI=1S/C20H35ClO2Si/c1-5-6-7-8-9-10-11-12-13-16-22-24(3,4)23-20-17-18(2)14-15-19(20)21/h14-15,17H,5-13,16H2,1-4H3. The maximum Gasteiger partial charge on any atom is 0.392 e. The summed E-state index contributed by atoms with van der Waals surface area (Å²) in [4.78, 5) is 0. The van der Waals surface area contributed by atoms with Gasteiger partial charge in [-0.3, -0.25) is 0 Å². The molecule has 1 aromatic carbocycles. The predicted molar refractivity (Wildman–Crippen MR) is 107 cm³/mol. The molecule has 0 amide bonds. The van der Waals surface area contributed by atoms with Gasteiger partial charge in [0.25, 0.3) is 0 Å². The number of halogens is 1. The molecule has 24 heavy (non-hydrogen) atoms. The predicted octanol–water partition coefficient (Wildman–Crippen LogP) is 7.28. The molecule has 0 unspecified atom stereocenters. The van der Waals surface area contributed by atoms with Crippen LogP contribution in [0, 0.1) is 6.92 Å². The van der Waals surface area contributed by atoms with E-state index in [0.29, 0.717) is 5.02 Å². The summed E-state index contributed by atoms with van der Waals surface area (Å²) >= 11 is 6.21. The number of hydrogen-bond acceptors (Lipinski definition) is 2. The van der Waals surface area contributed by atoms with E-state index in [-0.39, 0.29) is 0 Å². The van der Waals surface area contributed by atoms with Crippen molar-refractivity contribution in [1.82, 2.24) is 0 Å². The van der Waals surface area contributed by atoms with E-state index >= 15 is 0 Å². The summed E-state index contributed by atoms with van der Waals surface area (Å²) in [6.45, 7) is 9.26. The summed E-state index contributed by atoms with van der Waals surface area (Å²) in [6, 6.07) is 5.86. The highest BCUT2D eigenvalue weighted by Gasteiger charge is 2.27. The van der Waals surface area contributed by atoms with Crippen LogP contribution in [0.15, 0.2) is 18.2 Å². The second-order valence-electron chi connectivity index (χ2n) is 7.11. The number of rotatable bonds is 13. The highest BCUT2D eigenvalue weighted by Crippen LogP contribution is 2.28. The molecule has 0 N–H and O–H groups in total. The van der Waals surface area contributed by atoms with Gasteiger partial charge in [0.05, 0.1) is 5.02 Å². The lowest BCUT2D eigenvalue weighted by molar-refractivity contribution is 0.240. The first-order valence-corrected chi connectivity index (χ1v) is 12.7. The van der Waals surface area contributed by atoms with Gasteiger partial charge >= 0.3 is 8.56 Å². The molecule has 0 aliphatic rings. The zero-order valence-corrected chi connectivity index (χ0v) is 17.8. The molecular weight excluding hydrogens is 336 g/mol. The quantitative estimate of drug-likeness (QED) is 0.268. The van der Waals surface area contributed by atoms with Crippen molar-refractivity contribution >= 4 is 20.2 Å². The first kappa shape index (κ1) is 21.5. The molecule has 138 valence electrons. The van der Waals surface area contributed by atoms with Crippen LogP contribution in [0.4, 0.5) is 0 Å². The molecule has 0 saturated heterocycles. The van der Waals surface area contributed by atoms with E-state index in [0.717, 1.165) is 24.3 Å². The first-order valence-electron chi connectivity index (χ1n) is 9.54. The van der Waals surface area contributed by atoms with Crippen LogP contribution in [0.2, 0.25) is 18.1 Å². The minimum absolute atomic E-state index is 0.660. The average Bonchev–Trinajstić information content (AvgIpc) is 2.52. The maximum atomic E-state index is 6.21. The molecule has 1 aromatic rings. The van der Waals surface area contributed by atoms with Crippen molar-refractivity contribution < 1.29 is 8.85 Å². The molecule has 0 bridgehead atoms. The van der Waals surface area contributed by atoms with Gasteiger partial charge in [0, 0.05) is 6.61 Å². The number of benzene rings is 1. The number of unbranched alkanes of at least 4 members (excludes halogenated alkanes) is 8. The summed E-state index contributed by atoms with van der Waals surface area (Å²) in [5.74, 6) is 0.750. The Morgan fingerprint density at radius 1 is 0.917 bits per heavy atom. The Bertz CT molecular complexity index is 463. The molecular formula is C20H35ClO2Si. The summed E-state index contributed by atoms with van der Waals surface area (Å²) in [6.07, 6.45) is 12.0. The van der Waals surface area contributed by atoms with E-state index < -0.39 is 8.56 Å². The highest BCUT2D eigenvalue weighted by molar-refractivity contribution is 6.65. The Morgan fingerprint density at radius 3 is 2.12 bits per heavy atom. The molecule has 0 heterocycles. The second kappa shape index (κ2) is 11.9. The largest absolute Gasteiger partial charge is 0.519 e. The smallest absolute Gasteiger partial charge is 0.392 e. The number of hydrogen-bond donors (Lipinski definition) is 0. The fourth-order valence-electron chi connectivity index (χ4n) is 2.71. The Labute approximate surface area is 155 Å². The molecule has 0 radical (unpaired) electrons. The third kappa shape index (κ3) is 9.70. The third-order valence-electron chi connectivity index (χ3n) is 4.14. The van der Waals surface area contributed by atoms with Crippen LogP contribution in [0.5, 0.6) is 5.75 Å². The van der Waals surface area contributed by atoms with Gasteiger partial charge in [0.2, 0.25) is 0 Å². The Hall–Kier alpha value is -0.513. The molecule has 0 aliphatic heterocycles. The summed E-state index contributed by atoms with van der Waals surface area (Å²) in [7, 11) is -2.17. The van der Waals surface area contributed by atoms with Crippen LogP contribution < -0.4 is 4.43 Å².